The van der Waals surface area contributed by atoms with Crippen molar-refractivity contribution in [1.82, 2.24) is 4.57 Å². The van der Waals surface area contributed by atoms with Gasteiger partial charge in [0.25, 0.3) is 5.91 Å². The second-order valence-electron chi connectivity index (χ2n) is 5.85. The van der Waals surface area contributed by atoms with Crippen molar-refractivity contribution in [3.8, 4) is 29.6 Å². The zero-order chi connectivity index (χ0) is 20.1. The van der Waals surface area contributed by atoms with Crippen LogP contribution in [0.3, 0.4) is 0 Å². The lowest BCUT2D eigenvalue weighted by molar-refractivity contribution is -0.117. The molecular formula is C21H20N2O4S. The van der Waals surface area contributed by atoms with Crippen LogP contribution in [0.5, 0.6) is 17.2 Å². The van der Waals surface area contributed by atoms with Crippen LogP contribution in [0.25, 0.3) is 10.2 Å². The lowest BCUT2D eigenvalue weighted by Crippen LogP contribution is -2.17. The molecule has 0 saturated heterocycles. The number of terminal acetylenes is 1. The number of carbonyl (C=O) groups excluding carboxylic acids is 1. The Labute approximate surface area is 167 Å². The first-order chi connectivity index (χ1) is 13.6. The molecule has 0 radical (unpaired) electrons. The van der Waals surface area contributed by atoms with E-state index in [9.17, 15) is 4.79 Å². The van der Waals surface area contributed by atoms with Crippen molar-refractivity contribution in [1.29, 1.82) is 0 Å². The molecule has 2 aromatic carbocycles. The summed E-state index contributed by atoms with van der Waals surface area (Å²) in [7, 11) is 4.78. The van der Waals surface area contributed by atoms with Gasteiger partial charge < -0.3 is 18.8 Å². The Kier molecular flexibility index (Phi) is 6.02. The van der Waals surface area contributed by atoms with E-state index >= 15 is 0 Å². The highest BCUT2D eigenvalue weighted by Gasteiger charge is 2.16. The Morgan fingerprint density at radius 2 is 1.75 bits per heavy atom. The van der Waals surface area contributed by atoms with Gasteiger partial charge in [0, 0.05) is 0 Å². The summed E-state index contributed by atoms with van der Waals surface area (Å²) in [5.74, 6) is 4.41. The molecule has 0 aliphatic rings. The van der Waals surface area contributed by atoms with Crippen LogP contribution in [0.15, 0.2) is 41.4 Å². The molecule has 144 valence electrons. The average Bonchev–Trinajstić information content (AvgIpc) is 3.06. The minimum atomic E-state index is -0.263. The van der Waals surface area contributed by atoms with Gasteiger partial charge in [0.05, 0.1) is 34.3 Å². The highest BCUT2D eigenvalue weighted by molar-refractivity contribution is 7.16. The van der Waals surface area contributed by atoms with Crippen LogP contribution in [0.2, 0.25) is 0 Å². The van der Waals surface area contributed by atoms with Crippen LogP contribution < -0.4 is 19.0 Å². The summed E-state index contributed by atoms with van der Waals surface area (Å²) in [5, 5.41) is 0. The number of hydrogen-bond acceptors (Lipinski definition) is 5. The van der Waals surface area contributed by atoms with Gasteiger partial charge in [-0.1, -0.05) is 29.4 Å². The van der Waals surface area contributed by atoms with E-state index in [1.165, 1.54) is 11.3 Å². The lowest BCUT2D eigenvalue weighted by Gasteiger charge is -2.08. The van der Waals surface area contributed by atoms with E-state index in [0.29, 0.717) is 16.3 Å². The number of carbonyl (C=O) groups is 1. The van der Waals surface area contributed by atoms with Crippen molar-refractivity contribution < 1.29 is 19.0 Å². The van der Waals surface area contributed by atoms with Gasteiger partial charge in [0.1, 0.15) is 27.5 Å². The van der Waals surface area contributed by atoms with Gasteiger partial charge in [-0.3, -0.25) is 4.79 Å². The van der Waals surface area contributed by atoms with Gasteiger partial charge in [-0.25, -0.2) is 0 Å². The monoisotopic (exact) mass is 396 g/mol. The first-order valence-electron chi connectivity index (χ1n) is 8.49. The molecule has 1 aromatic heterocycles. The summed E-state index contributed by atoms with van der Waals surface area (Å²) in [4.78, 5) is 17.4. The summed E-state index contributed by atoms with van der Waals surface area (Å²) < 4.78 is 18.7. The maximum Gasteiger partial charge on any atom is 0.252 e. The van der Waals surface area contributed by atoms with Crippen LogP contribution in [-0.2, 0) is 17.8 Å². The molecule has 0 aliphatic carbocycles. The Morgan fingerprint density at radius 1 is 1.07 bits per heavy atom. The minimum Gasteiger partial charge on any atom is -0.497 e. The standard InChI is InChI=1S/C21H20N2O4S/c1-5-12-23-19-16(26-3)10-11-17(27-4)20(19)28-21(23)22-18(24)13-14-6-8-15(25-2)9-7-14/h1,6-11H,12-13H2,2-4H3. The predicted octanol–water partition coefficient (Wildman–Crippen LogP) is 3.03. The Morgan fingerprint density at radius 3 is 2.36 bits per heavy atom. The van der Waals surface area contributed by atoms with E-state index in [0.717, 1.165) is 21.5 Å². The third-order valence-corrected chi connectivity index (χ3v) is 5.27. The zero-order valence-corrected chi connectivity index (χ0v) is 16.7. The molecule has 0 unspecified atom stereocenters. The second kappa shape index (κ2) is 8.63. The Hall–Kier alpha value is -3.24. The number of methoxy groups -OCH3 is 3. The van der Waals surface area contributed by atoms with Gasteiger partial charge >= 0.3 is 0 Å². The number of ether oxygens (including phenoxy) is 3. The number of nitrogens with zero attached hydrogens (tertiary/aromatic N) is 2. The molecule has 6 nitrogen and oxygen atoms in total. The van der Waals surface area contributed by atoms with Crippen LogP contribution in [0, 0.1) is 12.3 Å². The van der Waals surface area contributed by atoms with Crippen molar-refractivity contribution >= 4 is 27.5 Å². The third kappa shape index (κ3) is 3.87. The molecule has 0 spiro atoms. The highest BCUT2D eigenvalue weighted by atomic mass is 32.1. The van der Waals surface area contributed by atoms with Gasteiger partial charge in [0.2, 0.25) is 0 Å². The quantitative estimate of drug-likeness (QED) is 0.601. The van der Waals surface area contributed by atoms with Gasteiger partial charge in [-0.2, -0.15) is 4.99 Å². The number of thiazole rings is 1. The van der Waals surface area contributed by atoms with E-state index in [2.05, 4.69) is 10.9 Å². The molecule has 0 fully saturated rings. The molecule has 28 heavy (non-hydrogen) atoms. The first-order valence-corrected chi connectivity index (χ1v) is 9.31. The normalized spacial score (nSPS) is 11.3. The minimum absolute atomic E-state index is 0.183. The van der Waals surface area contributed by atoms with Crippen molar-refractivity contribution in [2.75, 3.05) is 21.3 Å². The summed E-state index contributed by atoms with van der Waals surface area (Å²) in [6.45, 7) is 0.262. The SMILES string of the molecule is C#CCn1c(=NC(=O)Cc2ccc(OC)cc2)sc2c(OC)ccc(OC)c21. The van der Waals surface area contributed by atoms with E-state index in [4.69, 9.17) is 20.6 Å². The molecule has 3 aromatic rings. The summed E-state index contributed by atoms with van der Waals surface area (Å²) in [5.41, 5.74) is 1.62. The number of hydrogen-bond donors (Lipinski definition) is 0. The fourth-order valence-electron chi connectivity index (χ4n) is 2.84. The number of benzene rings is 2. The number of rotatable bonds is 6. The Balaban J connectivity index is 2.06. The molecule has 0 bridgehead atoms. The third-order valence-electron chi connectivity index (χ3n) is 4.18. The van der Waals surface area contributed by atoms with Gasteiger partial charge in [-0.05, 0) is 29.8 Å². The predicted molar refractivity (Wildman–Crippen MR) is 109 cm³/mol. The molecule has 0 N–H and O–H groups in total. The number of aromatic nitrogens is 1. The van der Waals surface area contributed by atoms with Crippen LogP contribution in [0.1, 0.15) is 5.56 Å². The van der Waals surface area contributed by atoms with Crippen LogP contribution in [-0.4, -0.2) is 31.8 Å². The lowest BCUT2D eigenvalue weighted by atomic mass is 10.1. The maximum atomic E-state index is 12.6. The summed E-state index contributed by atoms with van der Waals surface area (Å²) in [6, 6.07) is 11.0. The smallest absolute Gasteiger partial charge is 0.252 e. The first kappa shape index (κ1) is 19.5. The molecule has 0 atom stereocenters. The average molecular weight is 396 g/mol. The Bertz CT molecular complexity index is 1100. The van der Waals surface area contributed by atoms with Crippen molar-refractivity contribution in [3.05, 3.63) is 46.8 Å². The zero-order valence-electron chi connectivity index (χ0n) is 15.9. The van der Waals surface area contributed by atoms with Gasteiger partial charge in [0.15, 0.2) is 4.80 Å². The summed E-state index contributed by atoms with van der Waals surface area (Å²) >= 11 is 1.34. The molecule has 3 rings (SSSR count). The van der Waals surface area contributed by atoms with E-state index in [1.54, 1.807) is 25.9 Å². The molecule has 1 heterocycles. The fraction of sp³-hybridized carbons (Fsp3) is 0.238. The summed E-state index contributed by atoms with van der Waals surface area (Å²) in [6.07, 6.45) is 5.73. The van der Waals surface area contributed by atoms with E-state index < -0.39 is 0 Å². The topological polar surface area (TPSA) is 62.1 Å². The van der Waals surface area contributed by atoms with E-state index in [1.807, 2.05) is 36.4 Å². The number of fused-ring (bicyclic) bond motifs is 1. The van der Waals surface area contributed by atoms with Crippen LogP contribution >= 0.6 is 11.3 Å². The largest absolute Gasteiger partial charge is 0.497 e. The number of amides is 1. The van der Waals surface area contributed by atoms with Crippen molar-refractivity contribution in [2.24, 2.45) is 4.99 Å². The molecule has 0 saturated carbocycles. The second-order valence-corrected chi connectivity index (χ2v) is 6.83. The molecular weight excluding hydrogens is 376 g/mol. The van der Waals surface area contributed by atoms with Crippen molar-refractivity contribution in [2.45, 2.75) is 13.0 Å². The van der Waals surface area contributed by atoms with Gasteiger partial charge in [-0.15, -0.1) is 6.42 Å². The van der Waals surface area contributed by atoms with E-state index in [-0.39, 0.29) is 18.9 Å². The molecule has 7 heteroatoms. The highest BCUT2D eigenvalue weighted by Crippen LogP contribution is 2.35. The molecule has 1 amide bonds. The fourth-order valence-corrected chi connectivity index (χ4v) is 4.00. The molecule has 0 aliphatic heterocycles. The maximum absolute atomic E-state index is 12.6. The van der Waals surface area contributed by atoms with Crippen molar-refractivity contribution in [3.63, 3.8) is 0 Å². The van der Waals surface area contributed by atoms with Crippen LogP contribution in [0.4, 0.5) is 0 Å².